The Morgan fingerprint density at radius 3 is 2.71 bits per heavy atom. The average molecular weight is 288 g/mol. The van der Waals surface area contributed by atoms with E-state index in [0.29, 0.717) is 6.04 Å². The lowest BCUT2D eigenvalue weighted by Crippen LogP contribution is -2.43. The Labute approximate surface area is 128 Å². The van der Waals surface area contributed by atoms with Crippen molar-refractivity contribution in [3.05, 3.63) is 35.4 Å². The molecule has 1 aliphatic heterocycles. The van der Waals surface area contributed by atoms with Gasteiger partial charge in [0.05, 0.1) is 6.10 Å². The van der Waals surface area contributed by atoms with Crippen molar-refractivity contribution >= 4 is 0 Å². The molecule has 21 heavy (non-hydrogen) atoms. The minimum atomic E-state index is -0.253. The highest BCUT2D eigenvalue weighted by Crippen LogP contribution is 2.19. The molecule has 1 aromatic rings. The molecule has 1 aliphatic carbocycles. The van der Waals surface area contributed by atoms with Gasteiger partial charge in [-0.05, 0) is 30.4 Å². The Morgan fingerprint density at radius 2 is 1.90 bits per heavy atom. The maximum absolute atomic E-state index is 10.3. The van der Waals surface area contributed by atoms with E-state index in [4.69, 9.17) is 0 Å². The van der Waals surface area contributed by atoms with E-state index in [9.17, 15) is 5.11 Å². The van der Waals surface area contributed by atoms with Crippen LogP contribution in [0.15, 0.2) is 24.3 Å². The van der Waals surface area contributed by atoms with E-state index in [2.05, 4.69) is 34.5 Å². The number of nitrogens with zero attached hydrogens (tertiary/aromatic N) is 1. The number of hydrogen-bond acceptors (Lipinski definition) is 3. The first kappa shape index (κ1) is 15.0. The Hall–Kier alpha value is -0.900. The summed E-state index contributed by atoms with van der Waals surface area (Å²) in [6.07, 6.45) is 7.49. The highest BCUT2D eigenvalue weighted by Gasteiger charge is 2.19. The Bertz CT molecular complexity index is 443. The molecule has 0 radical (unpaired) electrons. The summed E-state index contributed by atoms with van der Waals surface area (Å²) < 4.78 is 0. The van der Waals surface area contributed by atoms with Crippen LogP contribution in [0.2, 0.25) is 0 Å². The molecule has 3 heteroatoms. The number of rotatable bonds is 5. The monoisotopic (exact) mass is 288 g/mol. The van der Waals surface area contributed by atoms with E-state index in [-0.39, 0.29) is 6.10 Å². The van der Waals surface area contributed by atoms with E-state index in [1.165, 1.54) is 43.2 Å². The zero-order chi connectivity index (χ0) is 14.5. The molecule has 0 saturated heterocycles. The zero-order valence-corrected chi connectivity index (χ0v) is 12.9. The van der Waals surface area contributed by atoms with Crippen LogP contribution < -0.4 is 5.32 Å². The fraction of sp³-hybridized carbons (Fsp3) is 0.667. The van der Waals surface area contributed by atoms with Crippen molar-refractivity contribution in [1.82, 2.24) is 10.2 Å². The van der Waals surface area contributed by atoms with Gasteiger partial charge in [-0.1, -0.05) is 43.5 Å². The van der Waals surface area contributed by atoms with Gasteiger partial charge in [-0.3, -0.25) is 4.90 Å². The van der Waals surface area contributed by atoms with E-state index in [0.717, 1.165) is 32.6 Å². The summed E-state index contributed by atoms with van der Waals surface area (Å²) in [7, 11) is 0. The summed E-state index contributed by atoms with van der Waals surface area (Å²) in [4.78, 5) is 2.38. The first-order chi connectivity index (χ1) is 10.3. The van der Waals surface area contributed by atoms with Crippen LogP contribution in [0.3, 0.4) is 0 Å². The van der Waals surface area contributed by atoms with Gasteiger partial charge in [0, 0.05) is 32.2 Å². The molecule has 1 heterocycles. The standard InChI is InChI=1S/C18H28N2O/c21-18(12-19-17-8-2-1-3-9-17)14-20-11-10-15-6-4-5-7-16(15)13-20/h4-7,17-19,21H,1-3,8-14H2. The summed E-state index contributed by atoms with van der Waals surface area (Å²) in [5.74, 6) is 0. The van der Waals surface area contributed by atoms with Gasteiger partial charge in [-0.2, -0.15) is 0 Å². The molecule has 1 fully saturated rings. The fourth-order valence-corrected chi connectivity index (χ4v) is 3.68. The lowest BCUT2D eigenvalue weighted by Gasteiger charge is -2.31. The van der Waals surface area contributed by atoms with Crippen LogP contribution in [0.4, 0.5) is 0 Å². The lowest BCUT2D eigenvalue weighted by atomic mass is 9.95. The second-order valence-electron chi connectivity index (χ2n) is 6.65. The maximum Gasteiger partial charge on any atom is 0.0791 e. The van der Waals surface area contributed by atoms with Crippen LogP contribution in [-0.4, -0.2) is 41.8 Å². The topological polar surface area (TPSA) is 35.5 Å². The third-order valence-corrected chi connectivity index (χ3v) is 4.93. The van der Waals surface area contributed by atoms with Crippen LogP contribution in [0.25, 0.3) is 0 Å². The van der Waals surface area contributed by atoms with Gasteiger partial charge in [-0.15, -0.1) is 0 Å². The van der Waals surface area contributed by atoms with Gasteiger partial charge in [0.2, 0.25) is 0 Å². The van der Waals surface area contributed by atoms with E-state index < -0.39 is 0 Å². The molecule has 1 unspecified atom stereocenters. The summed E-state index contributed by atoms with van der Waals surface area (Å²) in [6.45, 7) is 3.57. The normalized spacial score (nSPS) is 22.0. The third kappa shape index (κ3) is 4.29. The van der Waals surface area contributed by atoms with Gasteiger partial charge in [0.1, 0.15) is 0 Å². The summed E-state index contributed by atoms with van der Waals surface area (Å²) >= 11 is 0. The molecular formula is C18H28N2O. The number of hydrogen-bond donors (Lipinski definition) is 2. The molecule has 2 N–H and O–H groups in total. The Balaban J connectivity index is 1.42. The predicted molar refractivity (Wildman–Crippen MR) is 86.3 cm³/mol. The number of β-amino-alcohol motifs (C(OH)–C–C–N with tert-alkyl or cyclic N) is 1. The second-order valence-corrected chi connectivity index (χ2v) is 6.65. The molecule has 1 atom stereocenters. The maximum atomic E-state index is 10.3. The molecule has 0 spiro atoms. The molecule has 0 bridgehead atoms. The number of benzene rings is 1. The first-order valence-corrected chi connectivity index (χ1v) is 8.52. The molecule has 0 amide bonds. The van der Waals surface area contributed by atoms with Gasteiger partial charge in [0.15, 0.2) is 0 Å². The third-order valence-electron chi connectivity index (χ3n) is 4.93. The minimum Gasteiger partial charge on any atom is -0.390 e. The smallest absolute Gasteiger partial charge is 0.0791 e. The van der Waals surface area contributed by atoms with Crippen molar-refractivity contribution in [2.45, 2.75) is 57.2 Å². The number of aliphatic hydroxyl groups excluding tert-OH is 1. The van der Waals surface area contributed by atoms with E-state index >= 15 is 0 Å². The Morgan fingerprint density at radius 1 is 1.14 bits per heavy atom. The summed E-state index contributed by atoms with van der Waals surface area (Å²) in [5, 5.41) is 13.8. The molecule has 1 aromatic carbocycles. The van der Waals surface area contributed by atoms with Gasteiger partial charge >= 0.3 is 0 Å². The zero-order valence-electron chi connectivity index (χ0n) is 12.9. The van der Waals surface area contributed by atoms with Crippen LogP contribution in [0.5, 0.6) is 0 Å². The van der Waals surface area contributed by atoms with Crippen molar-refractivity contribution in [2.24, 2.45) is 0 Å². The summed E-state index contributed by atoms with van der Waals surface area (Å²) in [6, 6.07) is 9.32. The molecule has 3 rings (SSSR count). The van der Waals surface area contributed by atoms with Crippen molar-refractivity contribution < 1.29 is 5.11 Å². The second kappa shape index (κ2) is 7.39. The van der Waals surface area contributed by atoms with Crippen LogP contribution in [0.1, 0.15) is 43.2 Å². The minimum absolute atomic E-state index is 0.253. The molecule has 116 valence electrons. The van der Waals surface area contributed by atoms with Crippen LogP contribution in [-0.2, 0) is 13.0 Å². The van der Waals surface area contributed by atoms with Gasteiger partial charge in [0.25, 0.3) is 0 Å². The summed E-state index contributed by atoms with van der Waals surface area (Å²) in [5.41, 5.74) is 2.90. The molecular weight excluding hydrogens is 260 g/mol. The van der Waals surface area contributed by atoms with Crippen molar-refractivity contribution in [3.63, 3.8) is 0 Å². The predicted octanol–water partition coefficient (Wildman–Crippen LogP) is 2.33. The van der Waals surface area contributed by atoms with Crippen molar-refractivity contribution in [3.8, 4) is 0 Å². The van der Waals surface area contributed by atoms with Crippen LogP contribution in [0, 0.1) is 0 Å². The first-order valence-electron chi connectivity index (χ1n) is 8.52. The quantitative estimate of drug-likeness (QED) is 0.873. The van der Waals surface area contributed by atoms with Gasteiger partial charge in [-0.25, -0.2) is 0 Å². The van der Waals surface area contributed by atoms with Crippen LogP contribution >= 0.6 is 0 Å². The fourth-order valence-electron chi connectivity index (χ4n) is 3.68. The average Bonchev–Trinajstić information content (AvgIpc) is 2.54. The van der Waals surface area contributed by atoms with E-state index in [1.54, 1.807) is 0 Å². The molecule has 3 nitrogen and oxygen atoms in total. The largest absolute Gasteiger partial charge is 0.390 e. The number of aliphatic hydroxyl groups is 1. The van der Waals surface area contributed by atoms with Crippen molar-refractivity contribution in [2.75, 3.05) is 19.6 Å². The van der Waals surface area contributed by atoms with Crippen molar-refractivity contribution in [1.29, 1.82) is 0 Å². The molecule has 1 saturated carbocycles. The SMILES string of the molecule is OC(CNC1CCCCC1)CN1CCc2ccccc2C1. The van der Waals surface area contributed by atoms with Gasteiger partial charge < -0.3 is 10.4 Å². The highest BCUT2D eigenvalue weighted by atomic mass is 16.3. The highest BCUT2D eigenvalue weighted by molar-refractivity contribution is 5.29. The Kier molecular flexibility index (Phi) is 5.28. The van der Waals surface area contributed by atoms with E-state index in [1.807, 2.05) is 0 Å². The number of nitrogens with one attached hydrogen (secondary N) is 1. The lowest BCUT2D eigenvalue weighted by molar-refractivity contribution is 0.100. The number of fused-ring (bicyclic) bond motifs is 1. The molecule has 2 aliphatic rings. The molecule has 0 aromatic heterocycles.